The molecule has 3 nitrogen and oxygen atoms in total. The number of rotatable bonds is 5. The van der Waals surface area contributed by atoms with Crippen LogP contribution in [0.15, 0.2) is 18.2 Å². The highest BCUT2D eigenvalue weighted by molar-refractivity contribution is 6.09. The number of ketones is 2. The Morgan fingerprint density at radius 3 is 2.53 bits per heavy atom. The highest BCUT2D eigenvalue weighted by atomic mass is 19.1. The molecule has 0 radical (unpaired) electrons. The second-order valence-corrected chi connectivity index (χ2v) is 4.04. The average molecular weight is 238 g/mol. The summed E-state index contributed by atoms with van der Waals surface area (Å²) in [5.74, 6) is -1.49. The number of halogens is 1. The van der Waals surface area contributed by atoms with Crippen molar-refractivity contribution in [2.45, 2.75) is 20.3 Å². The summed E-state index contributed by atoms with van der Waals surface area (Å²) in [6.45, 7) is 3.41. The monoisotopic (exact) mass is 238 g/mol. The molecule has 0 saturated heterocycles. The number of hydrogen-bond donors (Lipinski definition) is 0. The van der Waals surface area contributed by atoms with E-state index in [1.165, 1.54) is 25.3 Å². The predicted molar refractivity (Wildman–Crippen MR) is 61.7 cm³/mol. The van der Waals surface area contributed by atoms with Crippen molar-refractivity contribution in [3.63, 3.8) is 0 Å². The topological polar surface area (TPSA) is 43.4 Å². The molecule has 0 aliphatic rings. The third-order valence-corrected chi connectivity index (χ3v) is 2.45. The predicted octanol–water partition coefficient (Wildman–Crippen LogP) is 2.63. The minimum absolute atomic E-state index is 0.149. The van der Waals surface area contributed by atoms with E-state index in [2.05, 4.69) is 0 Å². The lowest BCUT2D eigenvalue weighted by molar-refractivity contribution is -0.121. The molecule has 0 N–H and O–H groups in total. The van der Waals surface area contributed by atoms with Gasteiger partial charge in [-0.3, -0.25) is 9.59 Å². The van der Waals surface area contributed by atoms with Crippen LogP contribution in [0, 0.1) is 11.7 Å². The summed E-state index contributed by atoms with van der Waals surface area (Å²) < 4.78 is 18.4. The van der Waals surface area contributed by atoms with Crippen LogP contribution < -0.4 is 4.74 Å². The molecule has 1 aromatic carbocycles. The summed E-state index contributed by atoms with van der Waals surface area (Å²) in [6, 6.07) is 4.13. The van der Waals surface area contributed by atoms with Gasteiger partial charge in [-0.05, 0) is 12.1 Å². The summed E-state index contributed by atoms with van der Waals surface area (Å²) in [5, 5.41) is 0. The van der Waals surface area contributed by atoms with Crippen molar-refractivity contribution < 1.29 is 18.7 Å². The summed E-state index contributed by atoms with van der Waals surface area (Å²) in [4.78, 5) is 23.3. The summed E-state index contributed by atoms with van der Waals surface area (Å²) >= 11 is 0. The zero-order valence-electron chi connectivity index (χ0n) is 10.1. The Morgan fingerprint density at radius 2 is 2.00 bits per heavy atom. The minimum atomic E-state index is -0.661. The average Bonchev–Trinajstić information content (AvgIpc) is 2.27. The molecule has 0 spiro atoms. The number of Topliss-reactive ketones (excluding diaryl/α,β-unsaturated/α-hetero) is 2. The first-order valence-electron chi connectivity index (χ1n) is 5.35. The number of benzene rings is 1. The first kappa shape index (κ1) is 13.4. The minimum Gasteiger partial charge on any atom is -0.496 e. The molecule has 1 aromatic rings. The van der Waals surface area contributed by atoms with E-state index in [4.69, 9.17) is 4.74 Å². The van der Waals surface area contributed by atoms with Gasteiger partial charge in [0.2, 0.25) is 0 Å². The maximum absolute atomic E-state index is 13.5. The number of carbonyl (C=O) groups is 2. The molecule has 0 fully saturated rings. The Labute approximate surface area is 99.6 Å². The number of ether oxygens (including phenoxy) is 1. The van der Waals surface area contributed by atoms with Crippen LogP contribution in [0.2, 0.25) is 0 Å². The van der Waals surface area contributed by atoms with E-state index >= 15 is 0 Å². The van der Waals surface area contributed by atoms with Crippen molar-refractivity contribution in [2.24, 2.45) is 5.92 Å². The van der Waals surface area contributed by atoms with Gasteiger partial charge in [0.1, 0.15) is 17.3 Å². The van der Waals surface area contributed by atoms with Gasteiger partial charge in [-0.15, -0.1) is 0 Å². The van der Waals surface area contributed by atoms with Crippen molar-refractivity contribution in [1.29, 1.82) is 0 Å². The molecule has 0 bridgehead atoms. The van der Waals surface area contributed by atoms with Gasteiger partial charge in [0.15, 0.2) is 5.78 Å². The molecule has 17 heavy (non-hydrogen) atoms. The fourth-order valence-electron chi connectivity index (χ4n) is 1.40. The highest BCUT2D eigenvalue weighted by Crippen LogP contribution is 2.23. The fourth-order valence-corrected chi connectivity index (χ4v) is 1.40. The van der Waals surface area contributed by atoms with Crippen LogP contribution >= 0.6 is 0 Å². The third kappa shape index (κ3) is 3.12. The van der Waals surface area contributed by atoms with Gasteiger partial charge in [-0.25, -0.2) is 4.39 Å². The van der Waals surface area contributed by atoms with E-state index in [1.807, 2.05) is 0 Å². The first-order valence-corrected chi connectivity index (χ1v) is 5.35. The van der Waals surface area contributed by atoms with Gasteiger partial charge in [0, 0.05) is 5.92 Å². The maximum Gasteiger partial charge on any atom is 0.176 e. The molecule has 4 heteroatoms. The van der Waals surface area contributed by atoms with Crippen LogP contribution in [-0.2, 0) is 4.79 Å². The zero-order valence-corrected chi connectivity index (χ0v) is 10.1. The smallest absolute Gasteiger partial charge is 0.176 e. The quantitative estimate of drug-likeness (QED) is 0.585. The molecule has 0 amide bonds. The van der Waals surface area contributed by atoms with E-state index in [0.717, 1.165) is 0 Å². The second-order valence-electron chi connectivity index (χ2n) is 4.04. The van der Waals surface area contributed by atoms with Crippen molar-refractivity contribution in [3.8, 4) is 5.75 Å². The largest absolute Gasteiger partial charge is 0.496 e. The van der Waals surface area contributed by atoms with E-state index in [0.29, 0.717) is 0 Å². The van der Waals surface area contributed by atoms with Crippen molar-refractivity contribution in [2.75, 3.05) is 7.11 Å². The van der Waals surface area contributed by atoms with Gasteiger partial charge >= 0.3 is 0 Å². The second kappa shape index (κ2) is 5.57. The molecule has 92 valence electrons. The van der Waals surface area contributed by atoms with Gasteiger partial charge in [0.05, 0.1) is 19.1 Å². The molecule has 0 atom stereocenters. The van der Waals surface area contributed by atoms with Crippen LogP contribution in [0.3, 0.4) is 0 Å². The summed E-state index contributed by atoms with van der Waals surface area (Å²) in [7, 11) is 1.36. The summed E-state index contributed by atoms with van der Waals surface area (Å²) in [6.07, 6.45) is -0.297. The van der Waals surface area contributed by atoms with Crippen LogP contribution in [0.4, 0.5) is 4.39 Å². The van der Waals surface area contributed by atoms with E-state index in [9.17, 15) is 14.0 Å². The van der Waals surface area contributed by atoms with E-state index in [1.54, 1.807) is 13.8 Å². The molecule has 1 rings (SSSR count). The molecular weight excluding hydrogens is 223 g/mol. The lowest BCUT2D eigenvalue weighted by Gasteiger charge is -2.09. The molecule has 0 heterocycles. The van der Waals surface area contributed by atoms with Gasteiger partial charge in [-0.1, -0.05) is 19.9 Å². The standard InChI is InChI=1S/C13H15FO3/c1-8(2)10(15)7-11(16)13-9(14)5-4-6-12(13)17-3/h4-6,8H,7H2,1-3H3. The van der Waals surface area contributed by atoms with Gasteiger partial charge < -0.3 is 4.74 Å². The summed E-state index contributed by atoms with van der Waals surface area (Å²) in [5.41, 5.74) is -0.149. The number of methoxy groups -OCH3 is 1. The van der Waals surface area contributed by atoms with Crippen molar-refractivity contribution >= 4 is 11.6 Å². The first-order chi connectivity index (χ1) is 7.97. The highest BCUT2D eigenvalue weighted by Gasteiger charge is 2.21. The number of hydrogen-bond acceptors (Lipinski definition) is 3. The Hall–Kier alpha value is -1.71. The third-order valence-electron chi connectivity index (χ3n) is 2.45. The Bertz CT molecular complexity index is 438. The SMILES string of the molecule is COc1cccc(F)c1C(=O)CC(=O)C(C)C. The Balaban J connectivity index is 3.00. The molecule has 0 aliphatic carbocycles. The Kier molecular flexibility index (Phi) is 4.37. The van der Waals surface area contributed by atoms with E-state index < -0.39 is 11.6 Å². The normalized spacial score (nSPS) is 10.4. The van der Waals surface area contributed by atoms with Crippen molar-refractivity contribution in [1.82, 2.24) is 0 Å². The lowest BCUT2D eigenvalue weighted by Crippen LogP contribution is -2.15. The van der Waals surface area contributed by atoms with Crippen LogP contribution in [-0.4, -0.2) is 18.7 Å². The van der Waals surface area contributed by atoms with Crippen LogP contribution in [0.1, 0.15) is 30.6 Å². The molecule has 0 aromatic heterocycles. The van der Waals surface area contributed by atoms with Gasteiger partial charge in [0.25, 0.3) is 0 Å². The molecular formula is C13H15FO3. The zero-order chi connectivity index (χ0) is 13.0. The lowest BCUT2D eigenvalue weighted by atomic mass is 9.99. The number of carbonyl (C=O) groups excluding carboxylic acids is 2. The molecule has 0 unspecified atom stereocenters. The van der Waals surface area contributed by atoms with Crippen LogP contribution in [0.25, 0.3) is 0 Å². The van der Waals surface area contributed by atoms with Gasteiger partial charge in [-0.2, -0.15) is 0 Å². The Morgan fingerprint density at radius 1 is 1.35 bits per heavy atom. The van der Waals surface area contributed by atoms with E-state index in [-0.39, 0.29) is 29.4 Å². The maximum atomic E-state index is 13.5. The fraction of sp³-hybridized carbons (Fsp3) is 0.385. The molecule has 0 saturated carbocycles. The molecule has 0 aliphatic heterocycles. The van der Waals surface area contributed by atoms with Crippen LogP contribution in [0.5, 0.6) is 5.75 Å². The van der Waals surface area contributed by atoms with Crippen molar-refractivity contribution in [3.05, 3.63) is 29.6 Å².